The maximum absolute atomic E-state index is 9.27. The Labute approximate surface area is 346 Å². The Morgan fingerprint density at radius 2 is 0.783 bits per heavy atom. The Kier molecular flexibility index (Phi) is 7.60. The van der Waals surface area contributed by atoms with Gasteiger partial charge >= 0.3 is 0 Å². The van der Waals surface area contributed by atoms with Crippen molar-refractivity contribution in [3.63, 3.8) is 0 Å². The first-order valence-electron chi connectivity index (χ1n) is 20.3. The number of hydrogen-bond donors (Lipinski definition) is 0. The highest BCUT2D eigenvalue weighted by Crippen LogP contribution is 2.44. The first-order chi connectivity index (χ1) is 29.7. The van der Waals surface area contributed by atoms with Gasteiger partial charge in [-0.15, -0.1) is 0 Å². The summed E-state index contributed by atoms with van der Waals surface area (Å²) in [5, 5.41) is 24.5. The second-order valence-corrected chi connectivity index (χ2v) is 15.6. The average Bonchev–Trinajstić information content (AvgIpc) is 3.32. The van der Waals surface area contributed by atoms with Crippen LogP contribution in [0.5, 0.6) is 0 Å². The van der Waals surface area contributed by atoms with Crippen LogP contribution < -0.4 is 0 Å². The molecule has 0 spiro atoms. The molecule has 0 bridgehead atoms. The van der Waals surface area contributed by atoms with Crippen LogP contribution in [-0.4, -0.2) is 9.97 Å². The third-order valence-corrected chi connectivity index (χ3v) is 12.2. The van der Waals surface area contributed by atoms with Crippen molar-refractivity contribution in [2.45, 2.75) is 0 Å². The van der Waals surface area contributed by atoms with E-state index in [2.05, 4.69) is 164 Å². The van der Waals surface area contributed by atoms with Crippen molar-refractivity contribution in [2.75, 3.05) is 0 Å². The van der Waals surface area contributed by atoms with Gasteiger partial charge in [0, 0.05) is 16.7 Å². The minimum Gasteiger partial charge on any atom is -0.228 e. The summed E-state index contributed by atoms with van der Waals surface area (Å²) >= 11 is 0. The highest BCUT2D eigenvalue weighted by Gasteiger charge is 2.17. The van der Waals surface area contributed by atoms with E-state index in [-0.39, 0.29) is 0 Å². The van der Waals surface area contributed by atoms with Gasteiger partial charge in [-0.3, -0.25) is 0 Å². The molecule has 0 saturated carbocycles. The van der Waals surface area contributed by atoms with E-state index in [0.29, 0.717) is 11.4 Å². The molecule has 0 amide bonds. The molecule has 3 nitrogen and oxygen atoms in total. The van der Waals surface area contributed by atoms with Crippen LogP contribution in [0.3, 0.4) is 0 Å². The molecule has 1 aromatic heterocycles. The zero-order valence-corrected chi connectivity index (χ0v) is 32.4. The summed E-state index contributed by atoms with van der Waals surface area (Å²) < 4.78 is 0. The standard InChI is InChI=1S/C57H33N3/c58-34-35-18-20-36(21-19-35)37-22-24-38(25-23-37)51-33-52(60-57(59-51)42-8-2-1-3-9-42)44-14-4-13-43(30-44)46-31-45-29-28-41-11-6-16-48-47-15-5-10-39-26-27-40-12-7-17-49(55(40)53(39)47)50(32-46)56(45)54(41)48/h1-33H. The lowest BCUT2D eigenvalue weighted by molar-refractivity contribution is 1.18. The van der Waals surface area contributed by atoms with E-state index in [1.165, 1.54) is 64.6 Å². The molecular weight excluding hydrogens is 727 g/mol. The topological polar surface area (TPSA) is 49.6 Å². The van der Waals surface area contributed by atoms with Gasteiger partial charge in [0.15, 0.2) is 5.82 Å². The highest BCUT2D eigenvalue weighted by molar-refractivity contribution is 6.37. The Morgan fingerprint density at radius 1 is 0.300 bits per heavy atom. The third-order valence-electron chi connectivity index (χ3n) is 12.2. The van der Waals surface area contributed by atoms with Crippen LogP contribution in [0.15, 0.2) is 200 Å². The number of hydrogen-bond acceptors (Lipinski definition) is 3. The lowest BCUT2D eigenvalue weighted by Crippen LogP contribution is -1.96. The number of fused-ring (bicyclic) bond motifs is 2. The molecule has 11 aromatic carbocycles. The largest absolute Gasteiger partial charge is 0.228 e. The van der Waals surface area contributed by atoms with Crippen LogP contribution in [0.2, 0.25) is 0 Å². The Hall–Kier alpha value is -8.19. The fourth-order valence-corrected chi connectivity index (χ4v) is 9.34. The molecule has 0 N–H and O–H groups in total. The molecule has 0 unspecified atom stereocenters. The highest BCUT2D eigenvalue weighted by atomic mass is 14.9. The average molecular weight is 760 g/mol. The summed E-state index contributed by atoms with van der Waals surface area (Å²) in [6, 6.07) is 73.6. The summed E-state index contributed by atoms with van der Waals surface area (Å²) in [5.41, 5.74) is 9.77. The van der Waals surface area contributed by atoms with Gasteiger partial charge in [0.05, 0.1) is 23.0 Å². The van der Waals surface area contributed by atoms with E-state index in [0.717, 1.165) is 50.3 Å². The zero-order valence-electron chi connectivity index (χ0n) is 32.4. The normalized spacial score (nSPS) is 11.7. The molecule has 12 aromatic rings. The SMILES string of the molecule is N#Cc1ccc(-c2ccc(-c3cc(-c4cccc(-c5cc6ccc7cccc8c9cccc%10ccc%11cccc(c(c5)c6c78)c%11c%109)c4)nc(-c4ccccc4)n3)cc2)cc1. The minimum atomic E-state index is 0.649. The van der Waals surface area contributed by atoms with E-state index >= 15 is 0 Å². The van der Waals surface area contributed by atoms with E-state index in [4.69, 9.17) is 9.97 Å². The fourth-order valence-electron chi connectivity index (χ4n) is 9.34. The summed E-state index contributed by atoms with van der Waals surface area (Å²) in [6.45, 7) is 0. The molecular formula is C57H33N3. The first-order valence-corrected chi connectivity index (χ1v) is 20.3. The van der Waals surface area contributed by atoms with Crippen molar-refractivity contribution in [3.05, 3.63) is 206 Å². The molecule has 0 aliphatic carbocycles. The molecule has 60 heavy (non-hydrogen) atoms. The lowest BCUT2D eigenvalue weighted by Gasteiger charge is -2.17. The van der Waals surface area contributed by atoms with Crippen molar-refractivity contribution in [1.29, 1.82) is 5.26 Å². The summed E-state index contributed by atoms with van der Waals surface area (Å²) in [5.74, 6) is 0.678. The maximum atomic E-state index is 9.27. The Balaban J connectivity index is 1.05. The molecule has 0 radical (unpaired) electrons. The molecule has 3 heteroatoms. The fraction of sp³-hybridized carbons (Fsp3) is 0. The molecule has 0 aliphatic heterocycles. The smallest absolute Gasteiger partial charge is 0.160 e. The second kappa shape index (κ2) is 13.5. The van der Waals surface area contributed by atoms with E-state index in [9.17, 15) is 5.26 Å². The molecule has 0 saturated heterocycles. The van der Waals surface area contributed by atoms with Gasteiger partial charge in [0.2, 0.25) is 0 Å². The van der Waals surface area contributed by atoms with Crippen molar-refractivity contribution in [3.8, 4) is 62.2 Å². The number of aromatic nitrogens is 2. The van der Waals surface area contributed by atoms with Gasteiger partial charge in [-0.25, -0.2) is 9.97 Å². The molecule has 12 rings (SSSR count). The number of benzene rings is 10. The van der Waals surface area contributed by atoms with Crippen LogP contribution in [0, 0.1) is 11.3 Å². The maximum Gasteiger partial charge on any atom is 0.160 e. The van der Waals surface area contributed by atoms with Crippen LogP contribution in [0.1, 0.15) is 5.56 Å². The van der Waals surface area contributed by atoms with Crippen molar-refractivity contribution in [2.24, 2.45) is 0 Å². The van der Waals surface area contributed by atoms with Crippen LogP contribution in [0.4, 0.5) is 0 Å². The summed E-state index contributed by atoms with van der Waals surface area (Å²) in [6.07, 6.45) is 0. The second-order valence-electron chi connectivity index (χ2n) is 15.6. The molecule has 0 atom stereocenters. The van der Waals surface area contributed by atoms with Gasteiger partial charge < -0.3 is 0 Å². The van der Waals surface area contributed by atoms with Crippen LogP contribution >= 0.6 is 0 Å². The molecule has 1 heterocycles. The predicted molar refractivity (Wildman–Crippen MR) is 250 cm³/mol. The van der Waals surface area contributed by atoms with Crippen molar-refractivity contribution in [1.82, 2.24) is 9.97 Å². The number of rotatable bonds is 5. The first kappa shape index (κ1) is 33.9. The number of nitriles is 1. The van der Waals surface area contributed by atoms with Gasteiger partial charge in [0.25, 0.3) is 0 Å². The summed E-state index contributed by atoms with van der Waals surface area (Å²) in [4.78, 5) is 10.3. The lowest BCUT2D eigenvalue weighted by atomic mass is 9.86. The Bertz CT molecular complexity index is 3690. The molecule has 0 aliphatic rings. The van der Waals surface area contributed by atoms with E-state index in [1.807, 2.05) is 42.5 Å². The summed E-state index contributed by atoms with van der Waals surface area (Å²) in [7, 11) is 0. The molecule has 276 valence electrons. The quantitative estimate of drug-likeness (QED) is 0.164. The predicted octanol–water partition coefficient (Wildman–Crippen LogP) is 15.0. The van der Waals surface area contributed by atoms with Crippen LogP contribution in [-0.2, 0) is 0 Å². The van der Waals surface area contributed by atoms with Crippen molar-refractivity contribution >= 4 is 64.6 Å². The Morgan fingerprint density at radius 3 is 1.40 bits per heavy atom. The van der Waals surface area contributed by atoms with Crippen LogP contribution in [0.25, 0.3) is 121 Å². The van der Waals surface area contributed by atoms with E-state index in [1.54, 1.807) is 0 Å². The van der Waals surface area contributed by atoms with Crippen molar-refractivity contribution < 1.29 is 0 Å². The third kappa shape index (κ3) is 5.43. The minimum absolute atomic E-state index is 0.649. The van der Waals surface area contributed by atoms with Gasteiger partial charge in [-0.2, -0.15) is 5.26 Å². The van der Waals surface area contributed by atoms with Gasteiger partial charge in [-0.05, 0) is 123 Å². The van der Waals surface area contributed by atoms with E-state index < -0.39 is 0 Å². The zero-order chi connectivity index (χ0) is 39.7. The van der Waals surface area contributed by atoms with Gasteiger partial charge in [0.1, 0.15) is 0 Å². The van der Waals surface area contributed by atoms with Gasteiger partial charge in [-0.1, -0.05) is 164 Å². The molecule has 0 fully saturated rings. The number of nitrogens with zero attached hydrogens (tertiary/aromatic N) is 3. The monoisotopic (exact) mass is 759 g/mol.